The van der Waals surface area contributed by atoms with E-state index < -0.39 is 0 Å². The second kappa shape index (κ2) is 7.15. The zero-order chi connectivity index (χ0) is 17.1. The molecule has 1 fully saturated rings. The summed E-state index contributed by atoms with van der Waals surface area (Å²) >= 11 is 0. The third-order valence-corrected chi connectivity index (χ3v) is 4.73. The molecule has 1 unspecified atom stereocenters. The highest BCUT2D eigenvalue weighted by atomic mass is 16.2. The molecule has 1 aliphatic rings. The molecule has 128 valence electrons. The van der Waals surface area contributed by atoms with E-state index in [4.69, 9.17) is 0 Å². The molecule has 1 saturated heterocycles. The van der Waals surface area contributed by atoms with Crippen molar-refractivity contribution in [2.45, 2.75) is 13.0 Å². The lowest BCUT2D eigenvalue weighted by molar-refractivity contribution is -0.118. The number of hydrogen-bond donors (Lipinski definition) is 1. The minimum atomic E-state index is 0.0107. The SMILES string of the molecule is Cc1c(NC(=O)CN2CCN(C)CC2c2ccccc2)cnn1C. The molecule has 2 heterocycles. The predicted octanol–water partition coefficient (Wildman–Crippen LogP) is 1.66. The van der Waals surface area contributed by atoms with Gasteiger partial charge >= 0.3 is 0 Å². The van der Waals surface area contributed by atoms with Crippen LogP contribution in [0.3, 0.4) is 0 Å². The first-order valence-corrected chi connectivity index (χ1v) is 8.30. The number of amides is 1. The monoisotopic (exact) mass is 327 g/mol. The zero-order valence-electron chi connectivity index (χ0n) is 14.6. The Morgan fingerprint density at radius 2 is 2.00 bits per heavy atom. The quantitative estimate of drug-likeness (QED) is 0.928. The van der Waals surface area contributed by atoms with E-state index in [1.807, 2.05) is 20.0 Å². The van der Waals surface area contributed by atoms with Gasteiger partial charge in [0.15, 0.2) is 0 Å². The van der Waals surface area contributed by atoms with Crippen molar-refractivity contribution >= 4 is 11.6 Å². The first-order valence-electron chi connectivity index (χ1n) is 8.30. The molecule has 24 heavy (non-hydrogen) atoms. The van der Waals surface area contributed by atoms with Crippen molar-refractivity contribution in [1.29, 1.82) is 0 Å². The van der Waals surface area contributed by atoms with Gasteiger partial charge in [0, 0.05) is 32.7 Å². The fourth-order valence-corrected chi connectivity index (χ4v) is 3.13. The fourth-order valence-electron chi connectivity index (χ4n) is 3.13. The topological polar surface area (TPSA) is 53.4 Å². The molecule has 2 aromatic rings. The molecular formula is C18H25N5O. The van der Waals surface area contributed by atoms with Crippen LogP contribution in [0.5, 0.6) is 0 Å². The average molecular weight is 327 g/mol. The van der Waals surface area contributed by atoms with Gasteiger partial charge in [-0.05, 0) is 19.5 Å². The standard InChI is InChI=1S/C18H25N5O/c1-14-16(11-19-22(14)3)20-18(24)13-23-10-9-21(2)12-17(23)15-7-5-4-6-8-15/h4-8,11,17H,9-10,12-13H2,1-3H3,(H,20,24). The summed E-state index contributed by atoms with van der Waals surface area (Å²) in [6.07, 6.45) is 1.70. The molecule has 0 saturated carbocycles. The number of aryl methyl sites for hydroxylation is 1. The summed E-state index contributed by atoms with van der Waals surface area (Å²) in [5, 5.41) is 7.15. The van der Waals surface area contributed by atoms with Gasteiger partial charge in [-0.1, -0.05) is 30.3 Å². The molecular weight excluding hydrogens is 302 g/mol. The molecule has 1 N–H and O–H groups in total. The van der Waals surface area contributed by atoms with E-state index in [1.165, 1.54) is 5.56 Å². The largest absolute Gasteiger partial charge is 0.322 e. The minimum Gasteiger partial charge on any atom is -0.322 e. The summed E-state index contributed by atoms with van der Waals surface area (Å²) in [6.45, 7) is 5.13. The lowest BCUT2D eigenvalue weighted by Crippen LogP contribution is -2.49. The Morgan fingerprint density at radius 3 is 2.67 bits per heavy atom. The number of likely N-dealkylation sites (N-methyl/N-ethyl adjacent to an activating group) is 1. The Kier molecular flexibility index (Phi) is 4.97. The van der Waals surface area contributed by atoms with Crippen molar-refractivity contribution in [3.63, 3.8) is 0 Å². The van der Waals surface area contributed by atoms with Crippen LogP contribution in [0.4, 0.5) is 5.69 Å². The highest BCUT2D eigenvalue weighted by Gasteiger charge is 2.28. The van der Waals surface area contributed by atoms with Crippen LogP contribution < -0.4 is 5.32 Å². The van der Waals surface area contributed by atoms with Crippen molar-refractivity contribution in [1.82, 2.24) is 19.6 Å². The summed E-state index contributed by atoms with van der Waals surface area (Å²) in [5.41, 5.74) is 3.00. The predicted molar refractivity (Wildman–Crippen MR) is 94.8 cm³/mol. The van der Waals surface area contributed by atoms with E-state index in [1.54, 1.807) is 10.9 Å². The zero-order valence-corrected chi connectivity index (χ0v) is 14.6. The fraction of sp³-hybridized carbons (Fsp3) is 0.444. The van der Waals surface area contributed by atoms with Crippen LogP contribution in [-0.4, -0.2) is 58.7 Å². The number of nitrogens with one attached hydrogen (secondary N) is 1. The molecule has 0 bridgehead atoms. The molecule has 3 rings (SSSR count). The summed E-state index contributed by atoms with van der Waals surface area (Å²) in [5.74, 6) is 0.0107. The first-order chi connectivity index (χ1) is 11.5. The number of carbonyl (C=O) groups excluding carboxylic acids is 1. The van der Waals surface area contributed by atoms with E-state index in [2.05, 4.69) is 51.5 Å². The smallest absolute Gasteiger partial charge is 0.238 e. The van der Waals surface area contributed by atoms with Gasteiger partial charge in [0.2, 0.25) is 5.91 Å². The molecule has 6 heteroatoms. The summed E-state index contributed by atoms with van der Waals surface area (Å²) in [4.78, 5) is 17.1. The second-order valence-electron chi connectivity index (χ2n) is 6.47. The number of anilines is 1. The maximum atomic E-state index is 12.5. The van der Waals surface area contributed by atoms with Gasteiger partial charge in [-0.25, -0.2) is 0 Å². The maximum absolute atomic E-state index is 12.5. The van der Waals surface area contributed by atoms with Gasteiger partial charge in [0.1, 0.15) is 0 Å². The van der Waals surface area contributed by atoms with Crippen LogP contribution in [0, 0.1) is 6.92 Å². The van der Waals surface area contributed by atoms with Crippen molar-refractivity contribution in [2.75, 3.05) is 38.5 Å². The van der Waals surface area contributed by atoms with Crippen molar-refractivity contribution in [2.24, 2.45) is 7.05 Å². The molecule has 0 radical (unpaired) electrons. The highest BCUT2D eigenvalue weighted by molar-refractivity contribution is 5.92. The Hall–Kier alpha value is -2.18. The van der Waals surface area contributed by atoms with E-state index >= 15 is 0 Å². The van der Waals surface area contributed by atoms with E-state index in [9.17, 15) is 4.79 Å². The number of piperazine rings is 1. The van der Waals surface area contributed by atoms with E-state index in [-0.39, 0.29) is 11.9 Å². The molecule has 6 nitrogen and oxygen atoms in total. The minimum absolute atomic E-state index is 0.0107. The average Bonchev–Trinajstić information content (AvgIpc) is 2.89. The van der Waals surface area contributed by atoms with Gasteiger partial charge < -0.3 is 10.2 Å². The molecule has 1 aromatic heterocycles. The number of hydrogen-bond acceptors (Lipinski definition) is 4. The first kappa shape index (κ1) is 16.7. The Morgan fingerprint density at radius 1 is 1.25 bits per heavy atom. The van der Waals surface area contributed by atoms with Gasteiger partial charge in [-0.3, -0.25) is 14.4 Å². The van der Waals surface area contributed by atoms with Crippen LogP contribution in [-0.2, 0) is 11.8 Å². The Balaban J connectivity index is 1.69. The van der Waals surface area contributed by atoms with Gasteiger partial charge in [-0.15, -0.1) is 0 Å². The number of aromatic nitrogens is 2. The van der Waals surface area contributed by atoms with Crippen molar-refractivity contribution in [3.05, 3.63) is 47.8 Å². The second-order valence-corrected chi connectivity index (χ2v) is 6.47. The van der Waals surface area contributed by atoms with Crippen LogP contribution in [0.15, 0.2) is 36.5 Å². The third-order valence-electron chi connectivity index (χ3n) is 4.73. The maximum Gasteiger partial charge on any atom is 0.238 e. The molecule has 0 spiro atoms. The van der Waals surface area contributed by atoms with Crippen LogP contribution in [0.25, 0.3) is 0 Å². The molecule has 1 aliphatic heterocycles. The summed E-state index contributed by atoms with van der Waals surface area (Å²) in [7, 11) is 4.00. The summed E-state index contributed by atoms with van der Waals surface area (Å²) in [6, 6.07) is 10.7. The van der Waals surface area contributed by atoms with E-state index in [0.29, 0.717) is 6.54 Å². The van der Waals surface area contributed by atoms with Crippen molar-refractivity contribution < 1.29 is 4.79 Å². The Bertz CT molecular complexity index is 697. The number of carbonyl (C=O) groups is 1. The highest BCUT2D eigenvalue weighted by Crippen LogP contribution is 2.24. The molecule has 1 aromatic carbocycles. The van der Waals surface area contributed by atoms with Crippen LogP contribution in [0.2, 0.25) is 0 Å². The lowest BCUT2D eigenvalue weighted by atomic mass is 10.0. The molecule has 1 amide bonds. The lowest BCUT2D eigenvalue weighted by Gasteiger charge is -2.39. The number of benzene rings is 1. The van der Waals surface area contributed by atoms with E-state index in [0.717, 1.165) is 31.0 Å². The van der Waals surface area contributed by atoms with Gasteiger partial charge in [0.25, 0.3) is 0 Å². The number of rotatable bonds is 4. The van der Waals surface area contributed by atoms with Crippen molar-refractivity contribution in [3.8, 4) is 0 Å². The van der Waals surface area contributed by atoms with Crippen LogP contribution >= 0.6 is 0 Å². The third kappa shape index (κ3) is 3.66. The number of nitrogens with zero attached hydrogens (tertiary/aromatic N) is 4. The van der Waals surface area contributed by atoms with Gasteiger partial charge in [-0.2, -0.15) is 5.10 Å². The Labute approximate surface area is 143 Å². The normalized spacial score (nSPS) is 19.4. The van der Waals surface area contributed by atoms with Gasteiger partial charge in [0.05, 0.1) is 24.1 Å². The summed E-state index contributed by atoms with van der Waals surface area (Å²) < 4.78 is 1.76. The van der Waals surface area contributed by atoms with Crippen LogP contribution in [0.1, 0.15) is 17.3 Å². The molecule has 1 atom stereocenters. The molecule has 0 aliphatic carbocycles.